The second-order valence-corrected chi connectivity index (χ2v) is 6.41. The van der Waals surface area contributed by atoms with Crippen molar-refractivity contribution in [1.29, 1.82) is 0 Å². The van der Waals surface area contributed by atoms with Crippen LogP contribution in [0.3, 0.4) is 0 Å². The van der Waals surface area contributed by atoms with Gasteiger partial charge in [-0.25, -0.2) is 0 Å². The smallest absolute Gasteiger partial charge is 0.305 e. The number of hydrogen-bond donors (Lipinski definition) is 2. The molecule has 0 spiro atoms. The normalized spacial score (nSPS) is 16.4. The molecule has 1 aliphatic rings. The maximum absolute atomic E-state index is 12.0. The summed E-state index contributed by atoms with van der Waals surface area (Å²) in [4.78, 5) is 23.0. The molecule has 1 aliphatic carbocycles. The van der Waals surface area contributed by atoms with Crippen molar-refractivity contribution in [3.8, 4) is 0 Å². The molecule has 0 saturated heterocycles. The predicted molar refractivity (Wildman–Crippen MR) is 85.5 cm³/mol. The predicted octanol–water partition coefficient (Wildman–Crippen LogP) is 3.04. The van der Waals surface area contributed by atoms with E-state index in [4.69, 9.17) is 9.84 Å². The van der Waals surface area contributed by atoms with Gasteiger partial charge in [-0.15, -0.1) is 0 Å². The van der Waals surface area contributed by atoms with Crippen molar-refractivity contribution in [2.45, 2.75) is 44.2 Å². The number of carboxylic acid groups (broad SMARTS) is 1. The maximum Gasteiger partial charge on any atom is 0.305 e. The van der Waals surface area contributed by atoms with E-state index >= 15 is 0 Å². The summed E-state index contributed by atoms with van der Waals surface area (Å²) >= 11 is 3.35. The molecule has 0 radical (unpaired) electrons. The van der Waals surface area contributed by atoms with E-state index < -0.39 is 12.0 Å². The van der Waals surface area contributed by atoms with E-state index in [0.29, 0.717) is 0 Å². The minimum atomic E-state index is -0.956. The monoisotopic (exact) mass is 369 g/mol. The number of nitrogens with one attached hydrogen (secondary N) is 1. The molecule has 2 N–H and O–H groups in total. The summed E-state index contributed by atoms with van der Waals surface area (Å²) in [6, 6.07) is 6.72. The van der Waals surface area contributed by atoms with Gasteiger partial charge < -0.3 is 15.2 Å². The average Bonchev–Trinajstić information content (AvgIpc) is 2.97. The first kappa shape index (κ1) is 17.0. The highest BCUT2D eigenvalue weighted by atomic mass is 79.9. The molecule has 5 nitrogen and oxygen atoms in total. The number of hydrogen-bond acceptors (Lipinski definition) is 3. The van der Waals surface area contributed by atoms with Gasteiger partial charge in [-0.2, -0.15) is 0 Å². The van der Waals surface area contributed by atoms with Gasteiger partial charge in [-0.3, -0.25) is 9.59 Å². The van der Waals surface area contributed by atoms with Gasteiger partial charge in [-0.1, -0.05) is 40.9 Å². The quantitative estimate of drug-likeness (QED) is 0.774. The molecule has 1 aromatic rings. The lowest BCUT2D eigenvalue weighted by atomic mass is 10.0. The summed E-state index contributed by atoms with van der Waals surface area (Å²) in [6.07, 6.45) is 4.29. The number of carbonyl (C=O) groups excluding carboxylic acids is 1. The standard InChI is InChI=1S/C16H20BrNO4/c17-12-5-3-4-11(8-12)14(9-16(20)21)18-15(19)10-22-13-6-1-2-7-13/h3-5,8,13-14H,1-2,6-7,9-10H2,(H,18,19)(H,20,21). The number of aliphatic carboxylic acids is 1. The van der Waals surface area contributed by atoms with Gasteiger partial charge in [0.05, 0.1) is 18.6 Å². The Morgan fingerprint density at radius 2 is 2.09 bits per heavy atom. The molecular weight excluding hydrogens is 350 g/mol. The lowest BCUT2D eigenvalue weighted by molar-refractivity contribution is -0.138. The molecule has 1 amide bonds. The number of rotatable bonds is 7. The first-order valence-corrected chi connectivity index (χ1v) is 8.22. The molecule has 1 unspecified atom stereocenters. The molecule has 1 aromatic carbocycles. The number of ether oxygens (including phenoxy) is 1. The van der Waals surface area contributed by atoms with E-state index in [1.165, 1.54) is 0 Å². The molecule has 6 heteroatoms. The lowest BCUT2D eigenvalue weighted by Crippen LogP contribution is -2.34. The SMILES string of the molecule is O=C(O)CC(NC(=O)COC1CCCC1)c1cccc(Br)c1. The summed E-state index contributed by atoms with van der Waals surface area (Å²) in [5.41, 5.74) is 0.756. The summed E-state index contributed by atoms with van der Waals surface area (Å²) in [5.74, 6) is -1.24. The fourth-order valence-electron chi connectivity index (χ4n) is 2.63. The van der Waals surface area contributed by atoms with E-state index in [-0.39, 0.29) is 25.0 Å². The Bertz CT molecular complexity index is 529. The van der Waals surface area contributed by atoms with Crippen molar-refractivity contribution < 1.29 is 19.4 Å². The van der Waals surface area contributed by atoms with E-state index in [2.05, 4.69) is 21.2 Å². The van der Waals surface area contributed by atoms with Gasteiger partial charge in [-0.05, 0) is 30.5 Å². The van der Waals surface area contributed by atoms with Crippen LogP contribution in [-0.4, -0.2) is 29.7 Å². The van der Waals surface area contributed by atoms with E-state index in [9.17, 15) is 9.59 Å². The Morgan fingerprint density at radius 1 is 1.36 bits per heavy atom. The molecule has 0 aliphatic heterocycles. The van der Waals surface area contributed by atoms with Crippen LogP contribution in [0.25, 0.3) is 0 Å². The van der Waals surface area contributed by atoms with Crippen LogP contribution in [0.4, 0.5) is 0 Å². The largest absolute Gasteiger partial charge is 0.481 e. The van der Waals surface area contributed by atoms with Crippen LogP contribution < -0.4 is 5.32 Å². The van der Waals surface area contributed by atoms with Crippen molar-refractivity contribution in [1.82, 2.24) is 5.32 Å². The van der Waals surface area contributed by atoms with E-state index in [1.54, 1.807) is 6.07 Å². The third-order valence-electron chi connectivity index (χ3n) is 3.72. The zero-order valence-electron chi connectivity index (χ0n) is 12.3. The Hall–Kier alpha value is -1.40. The maximum atomic E-state index is 12.0. The molecule has 1 atom stereocenters. The van der Waals surface area contributed by atoms with E-state index in [1.807, 2.05) is 18.2 Å². The molecule has 120 valence electrons. The lowest BCUT2D eigenvalue weighted by Gasteiger charge is -2.19. The third kappa shape index (κ3) is 5.42. The minimum Gasteiger partial charge on any atom is -0.481 e. The molecular formula is C16H20BrNO4. The van der Waals surface area contributed by atoms with Crippen LogP contribution in [0.1, 0.15) is 43.7 Å². The number of halogens is 1. The topological polar surface area (TPSA) is 75.6 Å². The molecule has 0 heterocycles. The zero-order chi connectivity index (χ0) is 15.9. The second kappa shape index (κ2) is 8.29. The highest BCUT2D eigenvalue weighted by Crippen LogP contribution is 2.22. The Morgan fingerprint density at radius 3 is 2.73 bits per heavy atom. The average molecular weight is 370 g/mol. The van der Waals surface area contributed by atoms with Crippen LogP contribution in [0.15, 0.2) is 28.7 Å². The van der Waals surface area contributed by atoms with Crippen LogP contribution in [0.5, 0.6) is 0 Å². The summed E-state index contributed by atoms with van der Waals surface area (Å²) in [6.45, 7) is -0.0191. The fourth-order valence-corrected chi connectivity index (χ4v) is 3.05. The number of carboxylic acids is 1. The second-order valence-electron chi connectivity index (χ2n) is 5.49. The molecule has 2 rings (SSSR count). The Labute approximate surface area is 138 Å². The van der Waals surface area contributed by atoms with Crippen LogP contribution in [0, 0.1) is 0 Å². The molecule has 1 fully saturated rings. The van der Waals surface area contributed by atoms with Crippen LogP contribution in [0.2, 0.25) is 0 Å². The number of benzene rings is 1. The molecule has 22 heavy (non-hydrogen) atoms. The molecule has 1 saturated carbocycles. The van der Waals surface area contributed by atoms with Crippen molar-refractivity contribution >= 4 is 27.8 Å². The van der Waals surface area contributed by atoms with Crippen molar-refractivity contribution in [3.05, 3.63) is 34.3 Å². The summed E-state index contributed by atoms with van der Waals surface area (Å²) < 4.78 is 6.41. The summed E-state index contributed by atoms with van der Waals surface area (Å²) in [5, 5.41) is 11.8. The van der Waals surface area contributed by atoms with E-state index in [0.717, 1.165) is 35.7 Å². The third-order valence-corrected chi connectivity index (χ3v) is 4.21. The Balaban J connectivity index is 1.93. The minimum absolute atomic E-state index is 0.0191. The summed E-state index contributed by atoms with van der Waals surface area (Å²) in [7, 11) is 0. The number of carbonyl (C=O) groups is 2. The zero-order valence-corrected chi connectivity index (χ0v) is 13.8. The van der Waals surface area contributed by atoms with Crippen molar-refractivity contribution in [3.63, 3.8) is 0 Å². The van der Waals surface area contributed by atoms with Gasteiger partial charge >= 0.3 is 5.97 Å². The van der Waals surface area contributed by atoms with Crippen molar-refractivity contribution in [2.75, 3.05) is 6.61 Å². The van der Waals surface area contributed by atoms with Gasteiger partial charge in [0, 0.05) is 4.47 Å². The van der Waals surface area contributed by atoms with Crippen LogP contribution >= 0.6 is 15.9 Å². The van der Waals surface area contributed by atoms with Gasteiger partial charge in [0.15, 0.2) is 0 Å². The Kier molecular flexibility index (Phi) is 6.39. The first-order valence-electron chi connectivity index (χ1n) is 7.43. The highest BCUT2D eigenvalue weighted by molar-refractivity contribution is 9.10. The van der Waals surface area contributed by atoms with Gasteiger partial charge in [0.1, 0.15) is 6.61 Å². The molecule has 0 bridgehead atoms. The van der Waals surface area contributed by atoms with Crippen molar-refractivity contribution in [2.24, 2.45) is 0 Å². The van der Waals surface area contributed by atoms with Gasteiger partial charge in [0.25, 0.3) is 0 Å². The first-order chi connectivity index (χ1) is 10.5. The van der Waals surface area contributed by atoms with Gasteiger partial charge in [0.2, 0.25) is 5.91 Å². The van der Waals surface area contributed by atoms with Crippen LogP contribution in [-0.2, 0) is 14.3 Å². The fraction of sp³-hybridized carbons (Fsp3) is 0.500. The highest BCUT2D eigenvalue weighted by Gasteiger charge is 2.20. The molecule has 0 aromatic heterocycles. The number of amides is 1.